The van der Waals surface area contributed by atoms with Crippen LogP contribution in [0.1, 0.15) is 23.0 Å². The number of furan rings is 1. The third-order valence-electron chi connectivity index (χ3n) is 2.03. The lowest BCUT2D eigenvalue weighted by Gasteiger charge is -1.93. The number of carbonyl (C=O) groups is 1. The molecule has 0 aliphatic heterocycles. The molecule has 2 rings (SSSR count). The molecule has 5 heteroatoms. The van der Waals surface area contributed by atoms with Gasteiger partial charge in [0.2, 0.25) is 0 Å². The molecule has 0 fully saturated rings. The van der Waals surface area contributed by atoms with Gasteiger partial charge in [-0.25, -0.2) is 4.98 Å². The first kappa shape index (κ1) is 10.1. The molecular weight excluding hydrogens is 212 g/mol. The summed E-state index contributed by atoms with van der Waals surface area (Å²) in [5.41, 5.74) is 6.92. The Morgan fingerprint density at radius 1 is 1.67 bits per heavy atom. The zero-order chi connectivity index (χ0) is 10.8. The predicted molar refractivity (Wildman–Crippen MR) is 57.7 cm³/mol. The number of thiazole rings is 1. The molecule has 0 unspecified atom stereocenters. The Bertz CT molecular complexity index is 487. The van der Waals surface area contributed by atoms with Crippen molar-refractivity contribution in [1.29, 1.82) is 0 Å². The fraction of sp³-hybridized carbons (Fsp3) is 0.200. The number of hydrogen-bond acceptors (Lipinski definition) is 5. The summed E-state index contributed by atoms with van der Waals surface area (Å²) in [6, 6.07) is 1.81. The van der Waals surface area contributed by atoms with Crippen LogP contribution in [0.15, 0.2) is 22.1 Å². The monoisotopic (exact) mass is 222 g/mol. The Morgan fingerprint density at radius 2 is 2.47 bits per heavy atom. The molecule has 0 aromatic carbocycles. The molecule has 0 amide bonds. The zero-order valence-electron chi connectivity index (χ0n) is 8.19. The van der Waals surface area contributed by atoms with Crippen LogP contribution in [-0.2, 0) is 6.54 Å². The molecule has 0 saturated carbocycles. The predicted octanol–water partition coefficient (Wildman–Crippen LogP) is 2.06. The van der Waals surface area contributed by atoms with Crippen LogP contribution in [0.4, 0.5) is 0 Å². The van der Waals surface area contributed by atoms with E-state index in [4.69, 9.17) is 10.2 Å². The fourth-order valence-corrected chi connectivity index (χ4v) is 2.10. The summed E-state index contributed by atoms with van der Waals surface area (Å²) in [5, 5.41) is 2.42. The lowest BCUT2D eigenvalue weighted by Crippen LogP contribution is -1.96. The average Bonchev–Trinajstić information content (AvgIpc) is 2.85. The summed E-state index contributed by atoms with van der Waals surface area (Å²) >= 11 is 1.38. The highest BCUT2D eigenvalue weighted by Crippen LogP contribution is 2.27. The summed E-state index contributed by atoms with van der Waals surface area (Å²) < 4.78 is 5.29. The number of ketones is 1. The molecule has 0 aliphatic carbocycles. The van der Waals surface area contributed by atoms with E-state index in [1.165, 1.54) is 18.3 Å². The summed E-state index contributed by atoms with van der Waals surface area (Å²) in [4.78, 5) is 15.3. The number of aromatic nitrogens is 1. The number of nitrogens with zero attached hydrogens (tertiary/aromatic N) is 1. The highest BCUT2D eigenvalue weighted by molar-refractivity contribution is 7.13. The number of rotatable bonds is 3. The standard InChI is InChI=1S/C10H10N2O2S/c1-6(13)8-5-15-10(12-8)9-7(4-11)2-3-14-9/h2-3,5H,4,11H2,1H3. The first-order valence-corrected chi connectivity index (χ1v) is 5.33. The van der Waals surface area contributed by atoms with Crippen molar-refractivity contribution in [2.24, 2.45) is 5.73 Å². The van der Waals surface area contributed by atoms with Gasteiger partial charge in [-0.15, -0.1) is 11.3 Å². The molecule has 4 nitrogen and oxygen atoms in total. The van der Waals surface area contributed by atoms with Gasteiger partial charge in [0, 0.05) is 24.4 Å². The smallest absolute Gasteiger partial charge is 0.178 e. The van der Waals surface area contributed by atoms with Crippen molar-refractivity contribution in [3.63, 3.8) is 0 Å². The maximum atomic E-state index is 11.1. The molecular formula is C10H10N2O2S. The maximum Gasteiger partial charge on any atom is 0.178 e. The Balaban J connectivity index is 2.41. The molecule has 0 atom stereocenters. The van der Waals surface area contributed by atoms with Crippen LogP contribution in [0.3, 0.4) is 0 Å². The van der Waals surface area contributed by atoms with Crippen molar-refractivity contribution < 1.29 is 9.21 Å². The van der Waals surface area contributed by atoms with Gasteiger partial charge < -0.3 is 10.2 Å². The Morgan fingerprint density at radius 3 is 3.07 bits per heavy atom. The largest absolute Gasteiger partial charge is 0.461 e. The molecule has 2 aromatic rings. The molecule has 2 N–H and O–H groups in total. The van der Waals surface area contributed by atoms with Crippen LogP contribution in [-0.4, -0.2) is 10.8 Å². The fourth-order valence-electron chi connectivity index (χ4n) is 1.22. The van der Waals surface area contributed by atoms with Crippen LogP contribution in [0.5, 0.6) is 0 Å². The second-order valence-electron chi connectivity index (χ2n) is 3.07. The molecule has 2 heterocycles. The Hall–Kier alpha value is -1.46. The average molecular weight is 222 g/mol. The molecule has 0 saturated heterocycles. The normalized spacial score (nSPS) is 10.5. The SMILES string of the molecule is CC(=O)c1csc(-c2occc2CN)n1. The van der Waals surface area contributed by atoms with Gasteiger partial charge in [-0.1, -0.05) is 0 Å². The van der Waals surface area contributed by atoms with Crippen molar-refractivity contribution >= 4 is 17.1 Å². The van der Waals surface area contributed by atoms with E-state index in [9.17, 15) is 4.79 Å². The van der Waals surface area contributed by atoms with Gasteiger partial charge >= 0.3 is 0 Å². The molecule has 15 heavy (non-hydrogen) atoms. The zero-order valence-corrected chi connectivity index (χ0v) is 9.00. The molecule has 0 bridgehead atoms. The highest BCUT2D eigenvalue weighted by Gasteiger charge is 2.13. The van der Waals surface area contributed by atoms with E-state index >= 15 is 0 Å². The molecule has 0 radical (unpaired) electrons. The van der Waals surface area contributed by atoms with Gasteiger partial charge in [0.05, 0.1) is 6.26 Å². The summed E-state index contributed by atoms with van der Waals surface area (Å²) in [6.07, 6.45) is 1.58. The van der Waals surface area contributed by atoms with E-state index < -0.39 is 0 Å². The van der Waals surface area contributed by atoms with E-state index in [-0.39, 0.29) is 5.78 Å². The minimum Gasteiger partial charge on any atom is -0.461 e. The van der Waals surface area contributed by atoms with E-state index in [1.54, 1.807) is 11.6 Å². The van der Waals surface area contributed by atoms with Crippen molar-refractivity contribution in [2.75, 3.05) is 0 Å². The Labute approximate surface area is 90.7 Å². The number of Topliss-reactive ketones (excluding diaryl/α,β-unsaturated/α-hetero) is 1. The number of hydrogen-bond donors (Lipinski definition) is 1. The third-order valence-corrected chi connectivity index (χ3v) is 2.87. The van der Waals surface area contributed by atoms with Crippen LogP contribution >= 0.6 is 11.3 Å². The summed E-state index contributed by atoms with van der Waals surface area (Å²) in [6.45, 7) is 1.89. The first-order valence-electron chi connectivity index (χ1n) is 4.45. The first-order chi connectivity index (χ1) is 7.22. The Kier molecular flexibility index (Phi) is 2.66. The summed E-state index contributed by atoms with van der Waals surface area (Å²) in [5.74, 6) is 0.619. The highest BCUT2D eigenvalue weighted by atomic mass is 32.1. The van der Waals surface area contributed by atoms with Crippen molar-refractivity contribution in [1.82, 2.24) is 4.98 Å². The number of nitrogens with two attached hydrogens (primary N) is 1. The quantitative estimate of drug-likeness (QED) is 0.807. The van der Waals surface area contributed by atoms with Gasteiger partial charge in [-0.3, -0.25) is 4.79 Å². The second kappa shape index (κ2) is 3.96. The summed E-state index contributed by atoms with van der Waals surface area (Å²) in [7, 11) is 0. The van der Waals surface area contributed by atoms with Gasteiger partial charge in [-0.2, -0.15) is 0 Å². The molecule has 2 aromatic heterocycles. The van der Waals surface area contributed by atoms with E-state index in [0.29, 0.717) is 23.0 Å². The van der Waals surface area contributed by atoms with Crippen molar-refractivity contribution in [3.05, 3.63) is 29.0 Å². The number of carbonyl (C=O) groups excluding carboxylic acids is 1. The van der Waals surface area contributed by atoms with Crippen LogP contribution in [0.2, 0.25) is 0 Å². The van der Waals surface area contributed by atoms with E-state index in [1.807, 2.05) is 6.07 Å². The molecule has 0 aliphatic rings. The van der Waals surface area contributed by atoms with Gasteiger partial charge in [0.1, 0.15) is 5.69 Å². The topological polar surface area (TPSA) is 69.1 Å². The second-order valence-corrected chi connectivity index (χ2v) is 3.93. The lowest BCUT2D eigenvalue weighted by molar-refractivity contribution is 0.101. The van der Waals surface area contributed by atoms with E-state index in [0.717, 1.165) is 5.56 Å². The molecule has 78 valence electrons. The van der Waals surface area contributed by atoms with Crippen LogP contribution in [0.25, 0.3) is 10.8 Å². The van der Waals surface area contributed by atoms with Gasteiger partial charge in [0.25, 0.3) is 0 Å². The van der Waals surface area contributed by atoms with Crippen LogP contribution in [0, 0.1) is 0 Å². The minimum absolute atomic E-state index is 0.0432. The van der Waals surface area contributed by atoms with Crippen LogP contribution < -0.4 is 5.73 Å². The molecule has 0 spiro atoms. The van der Waals surface area contributed by atoms with Gasteiger partial charge in [-0.05, 0) is 6.07 Å². The van der Waals surface area contributed by atoms with Gasteiger partial charge in [0.15, 0.2) is 16.6 Å². The lowest BCUT2D eigenvalue weighted by atomic mass is 10.2. The van der Waals surface area contributed by atoms with Crippen molar-refractivity contribution in [2.45, 2.75) is 13.5 Å². The minimum atomic E-state index is -0.0432. The third kappa shape index (κ3) is 1.84. The maximum absolute atomic E-state index is 11.1. The van der Waals surface area contributed by atoms with Crippen molar-refractivity contribution in [3.8, 4) is 10.8 Å². The van der Waals surface area contributed by atoms with E-state index in [2.05, 4.69) is 4.98 Å².